The van der Waals surface area contributed by atoms with Crippen molar-refractivity contribution in [1.29, 1.82) is 0 Å². The van der Waals surface area contributed by atoms with Gasteiger partial charge >= 0.3 is 0 Å². The molecular weight excluding hydrogens is 316 g/mol. The van der Waals surface area contributed by atoms with Gasteiger partial charge in [0.15, 0.2) is 0 Å². The third-order valence-electron chi connectivity index (χ3n) is 5.56. The number of carbonyl (C=O) groups excluding carboxylic acids is 1. The van der Waals surface area contributed by atoms with E-state index < -0.39 is 0 Å². The maximum atomic E-state index is 12.7. The van der Waals surface area contributed by atoms with E-state index in [1.54, 1.807) is 24.7 Å². The van der Waals surface area contributed by atoms with Crippen LogP contribution in [-0.2, 0) is 0 Å². The maximum Gasteiger partial charge on any atom is 0.255 e. The van der Waals surface area contributed by atoms with Gasteiger partial charge in [-0.15, -0.1) is 0 Å². The summed E-state index contributed by atoms with van der Waals surface area (Å²) < 4.78 is 0. The fourth-order valence-electron chi connectivity index (χ4n) is 4.22. The third-order valence-corrected chi connectivity index (χ3v) is 5.56. The number of amides is 1. The molecule has 1 saturated carbocycles. The van der Waals surface area contributed by atoms with Crippen molar-refractivity contribution in [3.05, 3.63) is 42.1 Å². The van der Waals surface area contributed by atoms with Crippen LogP contribution in [0.1, 0.15) is 28.9 Å². The molecule has 2 aromatic heterocycles. The van der Waals surface area contributed by atoms with Crippen molar-refractivity contribution in [1.82, 2.24) is 25.1 Å². The van der Waals surface area contributed by atoms with Crippen molar-refractivity contribution in [2.45, 2.75) is 25.8 Å². The predicted molar refractivity (Wildman–Crippen MR) is 93.1 cm³/mol. The van der Waals surface area contributed by atoms with Crippen molar-refractivity contribution in [2.75, 3.05) is 25.0 Å². The molecule has 2 aliphatic rings. The van der Waals surface area contributed by atoms with E-state index in [0.29, 0.717) is 23.4 Å². The van der Waals surface area contributed by atoms with E-state index in [4.69, 9.17) is 0 Å². The second-order valence-electron chi connectivity index (χ2n) is 7.04. The van der Waals surface area contributed by atoms with Crippen LogP contribution in [0.5, 0.6) is 0 Å². The minimum Gasteiger partial charge on any atom is -0.355 e. The van der Waals surface area contributed by atoms with Crippen molar-refractivity contribution in [3.8, 4) is 0 Å². The Morgan fingerprint density at radius 2 is 2.04 bits per heavy atom. The Balaban J connectivity index is 1.48. The summed E-state index contributed by atoms with van der Waals surface area (Å²) in [7, 11) is 2.09. The van der Waals surface area contributed by atoms with Gasteiger partial charge in [0, 0.05) is 32.1 Å². The molecule has 0 unspecified atom stereocenters. The molecule has 7 nitrogen and oxygen atoms in total. The van der Waals surface area contributed by atoms with E-state index in [9.17, 15) is 4.79 Å². The predicted octanol–water partition coefficient (Wildman–Crippen LogP) is 1.56. The third kappa shape index (κ3) is 2.94. The Morgan fingerprint density at radius 3 is 2.76 bits per heavy atom. The van der Waals surface area contributed by atoms with Gasteiger partial charge in [-0.2, -0.15) is 10.2 Å². The van der Waals surface area contributed by atoms with Gasteiger partial charge in [0.05, 0.1) is 36.0 Å². The molecule has 2 fully saturated rings. The molecular formula is C18H22N6O. The van der Waals surface area contributed by atoms with Gasteiger partial charge in [0.2, 0.25) is 0 Å². The standard InChI is InChI=1S/C18H22N6O/c1-12-7-20-17(9-19-12)23(2)16-4-3-14-10-24(11-15(14)16)18(25)13-5-6-21-22-8-13/h5-9,14-16H,3-4,10-11H2,1-2H3/t14-,15+,16-/m1/s1. The maximum absolute atomic E-state index is 12.7. The normalized spacial score (nSPS) is 25.0. The number of nitrogens with zero attached hydrogens (tertiary/aromatic N) is 6. The van der Waals surface area contributed by atoms with E-state index in [-0.39, 0.29) is 5.91 Å². The number of likely N-dealkylation sites (tertiary alicyclic amines) is 1. The lowest BCUT2D eigenvalue weighted by Crippen LogP contribution is -2.39. The van der Waals surface area contributed by atoms with Gasteiger partial charge in [0.25, 0.3) is 5.91 Å². The Labute approximate surface area is 147 Å². The average molecular weight is 338 g/mol. The summed E-state index contributed by atoms with van der Waals surface area (Å²) in [6, 6.07) is 2.13. The van der Waals surface area contributed by atoms with Crippen molar-refractivity contribution < 1.29 is 4.79 Å². The number of anilines is 1. The molecule has 3 atom stereocenters. The van der Waals surface area contributed by atoms with Gasteiger partial charge in [-0.05, 0) is 31.7 Å². The summed E-state index contributed by atoms with van der Waals surface area (Å²) in [5, 5.41) is 7.56. The monoisotopic (exact) mass is 338 g/mol. The van der Waals surface area contributed by atoms with E-state index in [1.807, 2.05) is 18.0 Å². The van der Waals surface area contributed by atoms with Crippen LogP contribution in [0.15, 0.2) is 30.9 Å². The Bertz CT molecular complexity index is 750. The highest BCUT2D eigenvalue weighted by Crippen LogP contribution is 2.41. The van der Waals surface area contributed by atoms with Crippen LogP contribution in [0.25, 0.3) is 0 Å². The summed E-state index contributed by atoms with van der Waals surface area (Å²) >= 11 is 0. The molecule has 25 heavy (non-hydrogen) atoms. The van der Waals surface area contributed by atoms with E-state index in [2.05, 4.69) is 32.1 Å². The smallest absolute Gasteiger partial charge is 0.255 e. The molecule has 0 bridgehead atoms. The molecule has 0 radical (unpaired) electrons. The highest BCUT2D eigenvalue weighted by atomic mass is 16.2. The van der Waals surface area contributed by atoms with Crippen molar-refractivity contribution in [3.63, 3.8) is 0 Å². The molecule has 0 spiro atoms. The molecule has 130 valence electrons. The lowest BCUT2D eigenvalue weighted by molar-refractivity contribution is 0.0778. The number of aryl methyl sites for hydroxylation is 1. The molecule has 1 amide bonds. The summed E-state index contributed by atoms with van der Waals surface area (Å²) in [6.45, 7) is 3.56. The molecule has 3 heterocycles. The Kier molecular flexibility index (Phi) is 4.07. The molecule has 1 aliphatic heterocycles. The second-order valence-corrected chi connectivity index (χ2v) is 7.04. The number of carbonyl (C=O) groups is 1. The quantitative estimate of drug-likeness (QED) is 0.845. The topological polar surface area (TPSA) is 75.1 Å². The van der Waals surface area contributed by atoms with Crippen LogP contribution < -0.4 is 4.90 Å². The zero-order chi connectivity index (χ0) is 17.4. The Morgan fingerprint density at radius 1 is 1.16 bits per heavy atom. The average Bonchev–Trinajstić information content (AvgIpc) is 3.22. The fourth-order valence-corrected chi connectivity index (χ4v) is 4.22. The Hall–Kier alpha value is -2.57. The zero-order valence-corrected chi connectivity index (χ0v) is 14.5. The van der Waals surface area contributed by atoms with Gasteiger partial charge in [-0.3, -0.25) is 9.78 Å². The molecule has 1 aliphatic carbocycles. The molecule has 7 heteroatoms. The van der Waals surface area contributed by atoms with Gasteiger partial charge in [-0.25, -0.2) is 4.98 Å². The van der Waals surface area contributed by atoms with Gasteiger partial charge in [-0.1, -0.05) is 0 Å². The largest absolute Gasteiger partial charge is 0.355 e. The minimum atomic E-state index is 0.0563. The fraction of sp³-hybridized carbons (Fsp3) is 0.500. The highest BCUT2D eigenvalue weighted by molar-refractivity contribution is 5.94. The van der Waals surface area contributed by atoms with E-state index >= 15 is 0 Å². The lowest BCUT2D eigenvalue weighted by atomic mass is 9.97. The summed E-state index contributed by atoms with van der Waals surface area (Å²) in [6.07, 6.45) is 9.04. The molecule has 0 aromatic carbocycles. The highest BCUT2D eigenvalue weighted by Gasteiger charge is 2.45. The first kappa shape index (κ1) is 15.9. The zero-order valence-electron chi connectivity index (χ0n) is 14.5. The first-order chi connectivity index (χ1) is 12.1. The molecule has 4 rings (SSSR count). The SMILES string of the molecule is Cc1cnc(N(C)[C@@H]2CC[C@@H]3CN(C(=O)c4ccnnc4)C[C@@H]32)cn1. The van der Waals surface area contributed by atoms with Gasteiger partial charge < -0.3 is 9.80 Å². The van der Waals surface area contributed by atoms with E-state index in [0.717, 1.165) is 37.4 Å². The first-order valence-corrected chi connectivity index (χ1v) is 8.71. The van der Waals surface area contributed by atoms with Crippen LogP contribution in [0, 0.1) is 18.8 Å². The van der Waals surface area contributed by atoms with Gasteiger partial charge in [0.1, 0.15) is 5.82 Å². The van der Waals surface area contributed by atoms with Crippen LogP contribution >= 0.6 is 0 Å². The van der Waals surface area contributed by atoms with Crippen LogP contribution in [-0.4, -0.2) is 57.2 Å². The number of hydrogen-bond donors (Lipinski definition) is 0. The molecule has 1 saturated heterocycles. The number of rotatable bonds is 3. The minimum absolute atomic E-state index is 0.0563. The molecule has 2 aromatic rings. The number of aromatic nitrogens is 4. The summed E-state index contributed by atoms with van der Waals surface area (Å²) in [4.78, 5) is 25.7. The van der Waals surface area contributed by atoms with E-state index in [1.165, 1.54) is 0 Å². The van der Waals surface area contributed by atoms with Crippen molar-refractivity contribution >= 4 is 11.7 Å². The molecule has 0 N–H and O–H groups in total. The first-order valence-electron chi connectivity index (χ1n) is 8.71. The number of hydrogen-bond acceptors (Lipinski definition) is 6. The summed E-state index contributed by atoms with van der Waals surface area (Å²) in [5.74, 6) is 2.00. The van der Waals surface area contributed by atoms with Crippen LogP contribution in [0.4, 0.5) is 5.82 Å². The van der Waals surface area contributed by atoms with Crippen molar-refractivity contribution in [2.24, 2.45) is 11.8 Å². The number of fused-ring (bicyclic) bond motifs is 1. The van der Waals surface area contributed by atoms with Crippen LogP contribution in [0.2, 0.25) is 0 Å². The summed E-state index contributed by atoms with van der Waals surface area (Å²) in [5.41, 5.74) is 1.54. The lowest BCUT2D eigenvalue weighted by Gasteiger charge is -2.30. The second kappa shape index (κ2) is 6.38. The van der Waals surface area contributed by atoms with Crippen LogP contribution in [0.3, 0.4) is 0 Å².